The third-order valence-corrected chi connectivity index (χ3v) is 4.52. The third kappa shape index (κ3) is 2.73. The molecule has 0 saturated heterocycles. The summed E-state index contributed by atoms with van der Waals surface area (Å²) in [7, 11) is 0. The van der Waals surface area contributed by atoms with E-state index in [9.17, 15) is 0 Å². The zero-order valence-electron chi connectivity index (χ0n) is 12.2. The van der Waals surface area contributed by atoms with Crippen LogP contribution in [-0.4, -0.2) is 20.6 Å². The van der Waals surface area contributed by atoms with Gasteiger partial charge in [-0.05, 0) is 45.1 Å². The van der Waals surface area contributed by atoms with Gasteiger partial charge < -0.3 is 14.3 Å². The molecular formula is C15H17N3OS2. The minimum Gasteiger partial charge on any atom is -0.489 e. The smallest absolute Gasteiger partial charge is 0.178 e. The van der Waals surface area contributed by atoms with E-state index in [4.69, 9.17) is 17.0 Å². The van der Waals surface area contributed by atoms with Gasteiger partial charge in [-0.2, -0.15) is 0 Å². The minimum absolute atomic E-state index is 0.129. The Hall–Kier alpha value is -1.66. The van der Waals surface area contributed by atoms with Crippen LogP contribution in [0.1, 0.15) is 24.4 Å². The van der Waals surface area contributed by atoms with E-state index in [2.05, 4.69) is 20.6 Å². The third-order valence-electron chi connectivity index (χ3n) is 3.28. The fourth-order valence-electron chi connectivity index (χ4n) is 2.28. The predicted octanol–water partition coefficient (Wildman–Crippen LogP) is 4.30. The summed E-state index contributed by atoms with van der Waals surface area (Å²) < 4.78 is 8.66. The number of aromatic amines is 1. The Morgan fingerprint density at radius 2 is 2.24 bits per heavy atom. The zero-order valence-corrected chi connectivity index (χ0v) is 13.8. The minimum atomic E-state index is 0.129. The van der Waals surface area contributed by atoms with Gasteiger partial charge in [0.25, 0.3) is 0 Å². The van der Waals surface area contributed by atoms with Gasteiger partial charge in [0.2, 0.25) is 0 Å². The Labute approximate surface area is 132 Å². The summed E-state index contributed by atoms with van der Waals surface area (Å²) in [5, 5.41) is 0. The number of rotatable bonds is 4. The Balaban J connectivity index is 2.10. The van der Waals surface area contributed by atoms with Crippen molar-refractivity contribution in [3.63, 3.8) is 0 Å². The van der Waals surface area contributed by atoms with E-state index in [1.807, 2.05) is 38.4 Å². The maximum absolute atomic E-state index is 5.85. The van der Waals surface area contributed by atoms with Gasteiger partial charge in [0.05, 0.1) is 29.4 Å². The van der Waals surface area contributed by atoms with Gasteiger partial charge >= 0.3 is 0 Å². The van der Waals surface area contributed by atoms with Crippen molar-refractivity contribution in [1.29, 1.82) is 0 Å². The van der Waals surface area contributed by atoms with Crippen molar-refractivity contribution in [3.8, 4) is 5.75 Å². The number of aromatic nitrogens is 3. The molecule has 0 aliphatic carbocycles. The van der Waals surface area contributed by atoms with Gasteiger partial charge in [0, 0.05) is 4.88 Å². The van der Waals surface area contributed by atoms with Crippen molar-refractivity contribution in [1.82, 2.24) is 14.5 Å². The summed E-state index contributed by atoms with van der Waals surface area (Å²) >= 11 is 7.14. The summed E-state index contributed by atoms with van der Waals surface area (Å²) in [5.74, 6) is 0.841. The molecule has 0 saturated carbocycles. The van der Waals surface area contributed by atoms with Crippen LogP contribution in [-0.2, 0) is 6.54 Å². The lowest BCUT2D eigenvalue weighted by Crippen LogP contribution is -2.06. The van der Waals surface area contributed by atoms with Gasteiger partial charge in [0.15, 0.2) is 4.77 Å². The summed E-state index contributed by atoms with van der Waals surface area (Å²) in [4.78, 5) is 8.79. The van der Waals surface area contributed by atoms with Gasteiger partial charge in [-0.1, -0.05) is 6.07 Å². The number of ether oxygens (including phenoxy) is 1. The van der Waals surface area contributed by atoms with Crippen LogP contribution in [0, 0.1) is 11.7 Å². The van der Waals surface area contributed by atoms with Crippen molar-refractivity contribution in [2.45, 2.75) is 33.4 Å². The Kier molecular flexibility index (Phi) is 3.82. The molecule has 110 valence electrons. The summed E-state index contributed by atoms with van der Waals surface area (Å²) in [6.07, 6.45) is 0.129. The topological polar surface area (TPSA) is 42.8 Å². The molecular weight excluding hydrogens is 302 g/mol. The largest absolute Gasteiger partial charge is 0.489 e. The standard InChI is InChI=1S/C15H17N3OS2/c1-9(2)19-12-6-4-5-11-14(12)17-15(20)18(11)7-13-10(3)16-8-21-13/h4-6,8-9H,7H2,1-3H3,(H,17,20). The number of thiazole rings is 1. The lowest BCUT2D eigenvalue weighted by molar-refractivity contribution is 0.245. The SMILES string of the molecule is Cc1ncsc1Cn1c(=S)[nH]c2c(OC(C)C)cccc21. The van der Waals surface area contributed by atoms with Crippen LogP contribution >= 0.6 is 23.6 Å². The van der Waals surface area contributed by atoms with Gasteiger partial charge in [-0.15, -0.1) is 11.3 Å². The van der Waals surface area contributed by atoms with Crippen molar-refractivity contribution in [3.05, 3.63) is 39.1 Å². The highest BCUT2D eigenvalue weighted by atomic mass is 32.1. The van der Waals surface area contributed by atoms with E-state index in [1.165, 1.54) is 4.88 Å². The molecule has 0 bridgehead atoms. The van der Waals surface area contributed by atoms with E-state index >= 15 is 0 Å². The van der Waals surface area contributed by atoms with E-state index in [-0.39, 0.29) is 6.10 Å². The van der Waals surface area contributed by atoms with Gasteiger partial charge in [-0.25, -0.2) is 4.98 Å². The molecule has 0 amide bonds. The highest BCUT2D eigenvalue weighted by Crippen LogP contribution is 2.27. The van der Waals surface area contributed by atoms with Crippen molar-refractivity contribution < 1.29 is 4.74 Å². The average Bonchev–Trinajstić information content (AvgIpc) is 2.96. The molecule has 0 atom stereocenters. The second kappa shape index (κ2) is 5.61. The van der Waals surface area contributed by atoms with Crippen molar-refractivity contribution in [2.24, 2.45) is 0 Å². The van der Waals surface area contributed by atoms with E-state index in [0.29, 0.717) is 4.77 Å². The summed E-state index contributed by atoms with van der Waals surface area (Å²) in [6, 6.07) is 6.03. The quantitative estimate of drug-likeness (QED) is 0.729. The molecule has 0 aliphatic rings. The highest BCUT2D eigenvalue weighted by molar-refractivity contribution is 7.71. The molecule has 0 radical (unpaired) electrons. The lowest BCUT2D eigenvalue weighted by Gasteiger charge is -2.10. The molecule has 3 aromatic rings. The molecule has 2 aromatic heterocycles. The van der Waals surface area contributed by atoms with Crippen LogP contribution in [0.3, 0.4) is 0 Å². The molecule has 4 nitrogen and oxygen atoms in total. The van der Waals surface area contributed by atoms with Crippen LogP contribution < -0.4 is 4.74 Å². The van der Waals surface area contributed by atoms with E-state index in [0.717, 1.165) is 29.0 Å². The second-order valence-electron chi connectivity index (χ2n) is 5.19. The number of nitrogens with one attached hydrogen (secondary N) is 1. The second-order valence-corrected chi connectivity index (χ2v) is 6.52. The molecule has 1 aromatic carbocycles. The van der Waals surface area contributed by atoms with E-state index in [1.54, 1.807) is 11.3 Å². The van der Waals surface area contributed by atoms with Crippen molar-refractivity contribution >= 4 is 34.6 Å². The van der Waals surface area contributed by atoms with Gasteiger partial charge in [-0.3, -0.25) is 0 Å². The monoisotopic (exact) mass is 319 g/mol. The maximum atomic E-state index is 5.85. The maximum Gasteiger partial charge on any atom is 0.178 e. The van der Waals surface area contributed by atoms with Crippen molar-refractivity contribution in [2.75, 3.05) is 0 Å². The number of benzene rings is 1. The molecule has 1 N–H and O–H groups in total. The number of para-hydroxylation sites is 1. The first-order chi connectivity index (χ1) is 10.1. The first-order valence-electron chi connectivity index (χ1n) is 6.83. The molecule has 21 heavy (non-hydrogen) atoms. The van der Waals surface area contributed by atoms with Crippen LogP contribution in [0.5, 0.6) is 5.75 Å². The fourth-order valence-corrected chi connectivity index (χ4v) is 3.31. The summed E-state index contributed by atoms with van der Waals surface area (Å²) in [6.45, 7) is 6.80. The van der Waals surface area contributed by atoms with Crippen LogP contribution in [0.4, 0.5) is 0 Å². The molecule has 6 heteroatoms. The predicted molar refractivity (Wildman–Crippen MR) is 88.8 cm³/mol. The molecule has 0 fully saturated rings. The molecule has 2 heterocycles. The lowest BCUT2D eigenvalue weighted by atomic mass is 10.3. The number of fused-ring (bicyclic) bond motifs is 1. The van der Waals surface area contributed by atoms with Gasteiger partial charge in [0.1, 0.15) is 11.3 Å². The summed E-state index contributed by atoms with van der Waals surface area (Å²) in [5.41, 5.74) is 4.95. The molecule has 0 unspecified atom stereocenters. The Bertz CT molecular complexity index is 829. The van der Waals surface area contributed by atoms with Crippen LogP contribution in [0.25, 0.3) is 11.0 Å². The number of hydrogen-bond acceptors (Lipinski definition) is 4. The number of hydrogen-bond donors (Lipinski definition) is 1. The number of imidazole rings is 1. The Morgan fingerprint density at radius 3 is 2.90 bits per heavy atom. The number of H-pyrrole nitrogens is 1. The first kappa shape index (κ1) is 14.3. The normalized spacial score (nSPS) is 11.4. The van der Waals surface area contributed by atoms with Crippen LogP contribution in [0.2, 0.25) is 0 Å². The zero-order chi connectivity index (χ0) is 15.0. The molecule has 3 rings (SSSR count). The van der Waals surface area contributed by atoms with E-state index < -0.39 is 0 Å². The highest BCUT2D eigenvalue weighted by Gasteiger charge is 2.12. The van der Waals surface area contributed by atoms with Crippen LogP contribution in [0.15, 0.2) is 23.7 Å². The molecule has 0 spiro atoms. The first-order valence-corrected chi connectivity index (χ1v) is 8.12. The Morgan fingerprint density at radius 1 is 1.43 bits per heavy atom. The number of nitrogens with zero attached hydrogens (tertiary/aromatic N) is 2. The molecule has 0 aliphatic heterocycles. The fraction of sp³-hybridized carbons (Fsp3) is 0.333. The average molecular weight is 319 g/mol. The number of aryl methyl sites for hydroxylation is 1.